The van der Waals surface area contributed by atoms with Crippen LogP contribution in [0.2, 0.25) is 21.6 Å². The minimum atomic E-state index is -1.80. The van der Waals surface area contributed by atoms with Crippen molar-refractivity contribution in [3.63, 3.8) is 0 Å². The van der Waals surface area contributed by atoms with Crippen LogP contribution < -0.4 is 0 Å². The molecule has 0 unspecified atom stereocenters. The Labute approximate surface area is 158 Å². The van der Waals surface area contributed by atoms with Gasteiger partial charge in [-0.05, 0) is 34.8 Å². The topological polar surface area (TPSA) is 25.8 Å². The van der Waals surface area contributed by atoms with Crippen LogP contribution in [0.15, 0.2) is 36.7 Å². The first-order valence-electron chi connectivity index (χ1n) is 8.89. The van der Waals surface area contributed by atoms with Crippen molar-refractivity contribution in [2.24, 2.45) is 0 Å². The Morgan fingerprint density at radius 1 is 0.880 bits per heavy atom. The van der Waals surface area contributed by atoms with Gasteiger partial charge in [0, 0.05) is 18.0 Å². The van der Waals surface area contributed by atoms with E-state index in [-0.39, 0.29) is 0 Å². The number of nitrogens with zero attached hydrogens (tertiary/aromatic N) is 2. The summed E-state index contributed by atoms with van der Waals surface area (Å²) in [4.78, 5) is 8.74. The molecule has 0 radical (unpaired) electrons. The number of hydrogen-bond donors (Lipinski definition) is 0. The van der Waals surface area contributed by atoms with Crippen molar-refractivity contribution in [1.82, 2.24) is 9.97 Å². The summed E-state index contributed by atoms with van der Waals surface area (Å²) in [6.45, 7) is 13.9. The smallest absolute Gasteiger partial charge is 0.161 e. The summed E-state index contributed by atoms with van der Waals surface area (Å²) in [6, 6.07) is 7.64. The highest BCUT2D eigenvalue weighted by molar-refractivity contribution is 6.90. The lowest BCUT2D eigenvalue weighted by molar-refractivity contribution is 0.838. The molecule has 0 amide bonds. The fraction of sp³-hybridized carbons (Fsp3) is 0.429. The Hall–Kier alpha value is -1.63. The zero-order valence-electron chi connectivity index (χ0n) is 16.0. The molecule has 0 N–H and O–H groups in total. The Bertz CT molecular complexity index is 752. The van der Waals surface area contributed by atoms with Crippen LogP contribution in [0, 0.1) is 11.5 Å². The molecule has 0 atom stereocenters. The summed E-state index contributed by atoms with van der Waals surface area (Å²) in [5.41, 5.74) is 7.28. The molecule has 0 aliphatic carbocycles. The van der Waals surface area contributed by atoms with Gasteiger partial charge in [0.2, 0.25) is 0 Å². The molecule has 2 aromatic rings. The summed E-state index contributed by atoms with van der Waals surface area (Å²) < 4.78 is 0. The molecule has 1 heterocycles. The highest BCUT2D eigenvalue weighted by Crippen LogP contribution is 2.41. The van der Waals surface area contributed by atoms with Gasteiger partial charge in [-0.3, -0.25) is 0 Å². The molecule has 0 aliphatic rings. The SMILES string of the molecule is CC(C)[Si](C#Cc1cccc(Cl)c1-c1ncccn1)(C(C)C)C(C)C. The first-order chi connectivity index (χ1) is 11.8. The van der Waals surface area contributed by atoms with Crippen LogP contribution in [-0.2, 0) is 0 Å². The van der Waals surface area contributed by atoms with E-state index in [0.717, 1.165) is 11.1 Å². The third-order valence-electron chi connectivity index (χ3n) is 5.08. The van der Waals surface area contributed by atoms with Gasteiger partial charge in [0.05, 0.1) is 10.6 Å². The fourth-order valence-corrected chi connectivity index (χ4v) is 9.37. The summed E-state index contributed by atoms with van der Waals surface area (Å²) >= 11 is 6.47. The van der Waals surface area contributed by atoms with E-state index in [4.69, 9.17) is 11.6 Å². The molecule has 0 aliphatic heterocycles. The first-order valence-corrected chi connectivity index (χ1v) is 11.5. The van der Waals surface area contributed by atoms with E-state index in [1.54, 1.807) is 18.5 Å². The van der Waals surface area contributed by atoms with Gasteiger partial charge in [-0.1, -0.05) is 65.1 Å². The minimum Gasteiger partial charge on any atom is -0.236 e. The summed E-state index contributed by atoms with van der Waals surface area (Å²) in [7, 11) is -1.80. The maximum absolute atomic E-state index is 6.47. The van der Waals surface area contributed by atoms with Crippen molar-refractivity contribution < 1.29 is 0 Å². The second-order valence-electron chi connectivity index (χ2n) is 7.38. The number of aromatic nitrogens is 2. The highest BCUT2D eigenvalue weighted by atomic mass is 35.5. The number of benzene rings is 1. The molecule has 1 aromatic carbocycles. The van der Waals surface area contributed by atoms with Crippen LogP contribution in [0.25, 0.3) is 11.4 Å². The minimum absolute atomic E-state index is 0.593. The largest absolute Gasteiger partial charge is 0.236 e. The van der Waals surface area contributed by atoms with Crippen molar-refractivity contribution in [1.29, 1.82) is 0 Å². The lowest BCUT2D eigenvalue weighted by Gasteiger charge is -2.38. The van der Waals surface area contributed by atoms with Gasteiger partial charge in [0.1, 0.15) is 8.07 Å². The first kappa shape index (κ1) is 19.7. The quantitative estimate of drug-likeness (QED) is 0.461. The molecule has 0 bridgehead atoms. The van der Waals surface area contributed by atoms with Crippen molar-refractivity contribution in [3.05, 3.63) is 47.2 Å². The van der Waals surface area contributed by atoms with Crippen LogP contribution in [0.4, 0.5) is 0 Å². The molecule has 0 spiro atoms. The Balaban J connectivity index is 2.63. The lowest BCUT2D eigenvalue weighted by Crippen LogP contribution is -2.43. The summed E-state index contributed by atoms with van der Waals surface area (Å²) in [6.07, 6.45) is 3.47. The number of hydrogen-bond acceptors (Lipinski definition) is 2. The number of rotatable bonds is 4. The average molecular weight is 371 g/mol. The van der Waals surface area contributed by atoms with Crippen LogP contribution in [-0.4, -0.2) is 18.0 Å². The molecule has 0 fully saturated rings. The maximum atomic E-state index is 6.47. The zero-order chi connectivity index (χ0) is 18.6. The van der Waals surface area contributed by atoms with E-state index in [9.17, 15) is 0 Å². The Kier molecular flexibility index (Phi) is 6.43. The fourth-order valence-electron chi connectivity index (χ4n) is 3.89. The molecule has 25 heavy (non-hydrogen) atoms. The third-order valence-corrected chi connectivity index (χ3v) is 11.7. The van der Waals surface area contributed by atoms with Gasteiger partial charge in [-0.2, -0.15) is 0 Å². The van der Waals surface area contributed by atoms with Crippen LogP contribution in [0.5, 0.6) is 0 Å². The van der Waals surface area contributed by atoms with Gasteiger partial charge in [-0.25, -0.2) is 9.97 Å². The lowest BCUT2D eigenvalue weighted by atomic mass is 10.1. The van der Waals surface area contributed by atoms with E-state index in [1.165, 1.54) is 0 Å². The van der Waals surface area contributed by atoms with Crippen molar-refractivity contribution >= 4 is 19.7 Å². The molecule has 0 saturated carbocycles. The second-order valence-corrected chi connectivity index (χ2v) is 13.4. The van der Waals surface area contributed by atoms with Gasteiger partial charge in [-0.15, -0.1) is 5.54 Å². The third kappa shape index (κ3) is 3.97. The van der Waals surface area contributed by atoms with Gasteiger partial charge < -0.3 is 0 Å². The highest BCUT2D eigenvalue weighted by Gasteiger charge is 2.41. The van der Waals surface area contributed by atoms with E-state index in [1.807, 2.05) is 18.2 Å². The molecule has 4 heteroatoms. The Morgan fingerprint density at radius 2 is 1.44 bits per heavy atom. The Morgan fingerprint density at radius 3 is 1.96 bits per heavy atom. The van der Waals surface area contributed by atoms with Crippen molar-refractivity contribution in [3.8, 4) is 22.9 Å². The van der Waals surface area contributed by atoms with Gasteiger partial charge in [0.15, 0.2) is 5.82 Å². The van der Waals surface area contributed by atoms with Gasteiger partial charge >= 0.3 is 0 Å². The standard InChI is InChI=1S/C21H27ClN2Si/c1-15(2)25(16(3)4,17(5)6)14-11-18-9-7-10-19(22)20(18)21-23-12-8-13-24-21/h7-10,12-13,15-17H,1-6H3. The zero-order valence-corrected chi connectivity index (χ0v) is 17.7. The summed E-state index contributed by atoms with van der Waals surface area (Å²) in [5.74, 6) is 4.11. The monoisotopic (exact) mass is 370 g/mol. The molecular formula is C21H27ClN2Si. The average Bonchev–Trinajstić information content (AvgIpc) is 2.55. The van der Waals surface area contributed by atoms with E-state index in [2.05, 4.69) is 63.0 Å². The normalized spacial score (nSPS) is 11.8. The van der Waals surface area contributed by atoms with E-state index in [0.29, 0.717) is 27.5 Å². The van der Waals surface area contributed by atoms with Crippen LogP contribution in [0.1, 0.15) is 47.1 Å². The summed E-state index contributed by atoms with van der Waals surface area (Å²) in [5, 5.41) is 0.643. The van der Waals surface area contributed by atoms with Crippen molar-refractivity contribution in [2.45, 2.75) is 58.2 Å². The molecule has 2 nitrogen and oxygen atoms in total. The molecule has 2 rings (SSSR count). The van der Waals surface area contributed by atoms with Crippen LogP contribution in [0.3, 0.4) is 0 Å². The predicted octanol–water partition coefficient (Wildman–Crippen LogP) is 6.37. The second kappa shape index (κ2) is 8.16. The maximum Gasteiger partial charge on any atom is 0.161 e. The number of halogens is 1. The van der Waals surface area contributed by atoms with E-state index >= 15 is 0 Å². The van der Waals surface area contributed by atoms with E-state index < -0.39 is 8.07 Å². The molecule has 1 aromatic heterocycles. The predicted molar refractivity (Wildman–Crippen MR) is 110 cm³/mol. The molecule has 0 saturated heterocycles. The molecular weight excluding hydrogens is 344 g/mol. The van der Waals surface area contributed by atoms with Gasteiger partial charge in [0.25, 0.3) is 0 Å². The molecule has 132 valence electrons. The van der Waals surface area contributed by atoms with Crippen LogP contribution >= 0.6 is 11.6 Å². The van der Waals surface area contributed by atoms with Crippen molar-refractivity contribution in [2.75, 3.05) is 0 Å².